The van der Waals surface area contributed by atoms with E-state index in [-0.39, 0.29) is 29.9 Å². The molecule has 58 heavy (non-hydrogen) atoms. The van der Waals surface area contributed by atoms with E-state index in [1.807, 2.05) is 45.9 Å². The van der Waals surface area contributed by atoms with Crippen molar-refractivity contribution in [2.75, 3.05) is 13.1 Å². The number of likely N-dealkylation sites (tertiary alicyclic amines) is 1. The van der Waals surface area contributed by atoms with Crippen molar-refractivity contribution in [3.8, 4) is 6.07 Å². The van der Waals surface area contributed by atoms with Gasteiger partial charge in [-0.05, 0) is 134 Å². The maximum atomic E-state index is 12.9. The molecule has 8 N–H and O–H groups in total. The molecule has 11 nitrogen and oxygen atoms in total. The number of nitrogens with zero attached hydrogens (tertiary/aromatic N) is 3. The number of aliphatic imine (C=N–C) groups is 1. The molecular weight excluding hydrogens is 725 g/mol. The predicted octanol–water partition coefficient (Wildman–Crippen LogP) is 9.03. The number of benzene rings is 1. The Morgan fingerprint density at radius 3 is 2.36 bits per heavy atom. The van der Waals surface area contributed by atoms with E-state index in [0.717, 1.165) is 100 Å². The minimum Gasteiger partial charge on any atom is -0.399 e. The average molecular weight is 801 g/mol. The molecule has 11 heteroatoms. The molecule has 1 aliphatic carbocycles. The molecule has 2 aliphatic rings. The normalized spacial score (nSPS) is 19.2. The van der Waals surface area contributed by atoms with Gasteiger partial charge in [-0.3, -0.25) is 9.59 Å². The summed E-state index contributed by atoms with van der Waals surface area (Å²) in [6.45, 7) is 25.2. The van der Waals surface area contributed by atoms with E-state index in [2.05, 4.69) is 74.7 Å². The molecule has 0 saturated carbocycles. The average Bonchev–Trinajstić information content (AvgIpc) is 3.69. The summed E-state index contributed by atoms with van der Waals surface area (Å²) in [5, 5.41) is 14.8. The van der Waals surface area contributed by atoms with Gasteiger partial charge in [0.15, 0.2) is 0 Å². The number of urea groups is 1. The van der Waals surface area contributed by atoms with E-state index in [1.54, 1.807) is 17.0 Å². The third-order valence-electron chi connectivity index (χ3n) is 9.89. The first-order valence-electron chi connectivity index (χ1n) is 21.2. The maximum Gasteiger partial charge on any atom is 0.343 e. The van der Waals surface area contributed by atoms with Crippen LogP contribution in [0.2, 0.25) is 0 Å². The number of rotatable bonds is 16. The third-order valence-corrected chi connectivity index (χ3v) is 9.89. The Balaban J connectivity index is 0.00000197. The van der Waals surface area contributed by atoms with Crippen LogP contribution >= 0.6 is 0 Å². The van der Waals surface area contributed by atoms with Gasteiger partial charge in [0.1, 0.15) is 11.9 Å². The molecule has 1 aromatic carbocycles. The number of hydrogen-bond donors (Lipinski definition) is 5. The van der Waals surface area contributed by atoms with Gasteiger partial charge in [-0.25, -0.2) is 4.79 Å². The molecule has 0 radical (unpaired) electrons. The summed E-state index contributed by atoms with van der Waals surface area (Å²) >= 11 is 0. The molecule has 4 atom stereocenters. The number of carbonyl (C=O) groups excluding carboxylic acids is 3. The van der Waals surface area contributed by atoms with Crippen molar-refractivity contribution in [2.24, 2.45) is 22.2 Å². The van der Waals surface area contributed by atoms with Gasteiger partial charge >= 0.3 is 6.03 Å². The highest BCUT2D eigenvalue weighted by Gasteiger charge is 2.24. The Morgan fingerprint density at radius 2 is 1.79 bits per heavy atom. The summed E-state index contributed by atoms with van der Waals surface area (Å²) < 4.78 is 0. The fourth-order valence-corrected chi connectivity index (χ4v) is 6.87. The number of hydrogen-bond acceptors (Lipinski definition) is 6. The summed E-state index contributed by atoms with van der Waals surface area (Å²) in [4.78, 5) is 41.1. The van der Waals surface area contributed by atoms with Crippen LogP contribution in [-0.4, -0.2) is 60.3 Å². The van der Waals surface area contributed by atoms with Gasteiger partial charge in [-0.2, -0.15) is 10.3 Å². The molecule has 322 valence electrons. The number of carbonyl (C=O) groups is 3. The first kappa shape index (κ1) is 53.0. The predicted molar refractivity (Wildman–Crippen MR) is 243 cm³/mol. The van der Waals surface area contributed by atoms with E-state index in [4.69, 9.17) is 22.5 Å². The van der Waals surface area contributed by atoms with Crippen LogP contribution in [0.25, 0.3) is 0 Å². The highest BCUT2D eigenvalue weighted by Crippen LogP contribution is 2.31. The lowest BCUT2D eigenvalue weighted by Gasteiger charge is -2.25. The SMILES string of the molecule is C=C(N)/C1=C/CC/C(CCc2cc(C(N)=O)ccc2C(C[C@@H](C)NCC)/C(N)=N/C(=O)NC(C)/C=C\CCC)=C(/C)CCC1.C=CC.CC.N#CC1CCCN1C=O. The Bertz CT molecular complexity index is 1600. The van der Waals surface area contributed by atoms with Crippen molar-refractivity contribution in [1.82, 2.24) is 15.5 Å². The van der Waals surface area contributed by atoms with Crippen LogP contribution in [0.15, 0.2) is 83.1 Å². The molecule has 3 rings (SSSR count). The second kappa shape index (κ2) is 31.1. The van der Waals surface area contributed by atoms with Crippen LogP contribution in [0.3, 0.4) is 0 Å². The van der Waals surface area contributed by atoms with Gasteiger partial charge in [0, 0.05) is 35.8 Å². The molecule has 0 aromatic heterocycles. The number of primary amides is 1. The molecule has 1 aromatic rings. The molecule has 4 amide bonds. The van der Waals surface area contributed by atoms with E-state index < -0.39 is 11.9 Å². The van der Waals surface area contributed by atoms with Crippen molar-refractivity contribution in [3.63, 3.8) is 0 Å². The highest BCUT2D eigenvalue weighted by atomic mass is 16.2. The van der Waals surface area contributed by atoms with Crippen molar-refractivity contribution in [1.29, 1.82) is 5.26 Å². The Kier molecular flexibility index (Phi) is 28.4. The molecule has 1 heterocycles. The number of allylic oxidation sites excluding steroid dienone is 6. The number of nitriles is 1. The van der Waals surface area contributed by atoms with E-state index in [1.165, 1.54) is 11.1 Å². The van der Waals surface area contributed by atoms with Crippen LogP contribution in [0, 0.1) is 11.3 Å². The van der Waals surface area contributed by atoms with Crippen molar-refractivity contribution < 1.29 is 14.4 Å². The lowest BCUT2D eigenvalue weighted by Crippen LogP contribution is -2.35. The summed E-state index contributed by atoms with van der Waals surface area (Å²) in [5.41, 5.74) is 25.4. The monoisotopic (exact) mass is 801 g/mol. The molecule has 1 saturated heterocycles. The van der Waals surface area contributed by atoms with Gasteiger partial charge in [-0.1, -0.05) is 82.2 Å². The maximum absolute atomic E-state index is 12.9. The summed E-state index contributed by atoms with van der Waals surface area (Å²) in [5.74, 6) is -0.545. The van der Waals surface area contributed by atoms with Crippen LogP contribution in [0.4, 0.5) is 4.79 Å². The molecule has 0 spiro atoms. The van der Waals surface area contributed by atoms with Crippen LogP contribution in [-0.2, 0) is 11.2 Å². The van der Waals surface area contributed by atoms with Gasteiger partial charge in [0.2, 0.25) is 12.3 Å². The zero-order chi connectivity index (χ0) is 44.0. The molecule has 3 unspecified atom stereocenters. The number of amidine groups is 1. The molecule has 1 fully saturated rings. The summed E-state index contributed by atoms with van der Waals surface area (Å²) in [6, 6.07) is 6.97. The van der Waals surface area contributed by atoms with Crippen molar-refractivity contribution in [3.05, 3.63) is 94.8 Å². The summed E-state index contributed by atoms with van der Waals surface area (Å²) in [7, 11) is 0. The Labute approximate surface area is 351 Å². The zero-order valence-corrected chi connectivity index (χ0v) is 37.0. The van der Waals surface area contributed by atoms with Crippen molar-refractivity contribution in [2.45, 2.75) is 156 Å². The highest BCUT2D eigenvalue weighted by molar-refractivity contribution is 5.97. The second-order valence-corrected chi connectivity index (χ2v) is 14.6. The second-order valence-electron chi connectivity index (χ2n) is 14.6. The lowest BCUT2D eigenvalue weighted by molar-refractivity contribution is -0.118. The quantitative estimate of drug-likeness (QED) is 0.0476. The summed E-state index contributed by atoms with van der Waals surface area (Å²) in [6.07, 6.45) is 19.6. The van der Waals surface area contributed by atoms with Crippen LogP contribution in [0.5, 0.6) is 0 Å². The van der Waals surface area contributed by atoms with Gasteiger partial charge < -0.3 is 32.7 Å². The topological polar surface area (TPSA) is 193 Å². The van der Waals surface area contributed by atoms with Gasteiger partial charge in [0.05, 0.1) is 6.07 Å². The van der Waals surface area contributed by atoms with E-state index in [9.17, 15) is 14.4 Å². The smallest absolute Gasteiger partial charge is 0.343 e. The minimum atomic E-state index is -0.473. The lowest BCUT2D eigenvalue weighted by atomic mass is 9.84. The number of unbranched alkanes of at least 4 members (excludes halogenated alkanes) is 1. The first-order chi connectivity index (χ1) is 27.8. The number of amides is 4. The minimum absolute atomic E-state index is 0.124. The van der Waals surface area contributed by atoms with Gasteiger partial charge in [-0.15, -0.1) is 6.58 Å². The molecule has 1 aliphatic heterocycles. The standard InChI is InChI=1S/C36H56N6O2.C6H8N2O.C3H6.C2H6/c1-7-9-10-14-25(4)41-36(44)42-34(38)33(22-26(5)40-8-2)32-21-20-31(35(39)43)23-30(32)19-18-28-15-12-17-29(27(6)37)16-11-13-24(28)3;7-4-6-2-1-3-8(6)5-9;1-3-2;1-2/h10,14,17,20-21,23,25-26,33,40H,6-9,11-13,15-16,18-19,22,37H2,1-5H3,(H2,39,43)(H3,38,41,42,44);5-6H,1-3H2;3H,1H2,2H3;1-2H3/b14-10-,28-24+,29-17+;;;/t25?,26-,33?;;;/m1.../s1. The van der Waals surface area contributed by atoms with E-state index >= 15 is 0 Å². The Hall–Kier alpha value is -4.95. The first-order valence-corrected chi connectivity index (χ1v) is 21.2. The van der Waals surface area contributed by atoms with Gasteiger partial charge in [0.25, 0.3) is 0 Å². The molecular formula is C47H76N8O3. The molecule has 0 bridgehead atoms. The fraction of sp³-hybridized carbons (Fsp3) is 0.553. The third kappa shape index (κ3) is 20.5. The number of nitrogens with one attached hydrogen (secondary N) is 2. The largest absolute Gasteiger partial charge is 0.399 e. The fourth-order valence-electron chi connectivity index (χ4n) is 6.87. The Morgan fingerprint density at radius 1 is 1.10 bits per heavy atom. The van der Waals surface area contributed by atoms with E-state index in [0.29, 0.717) is 24.1 Å². The van der Waals surface area contributed by atoms with Crippen LogP contribution in [0.1, 0.15) is 153 Å². The zero-order valence-electron chi connectivity index (χ0n) is 37.0. The van der Waals surface area contributed by atoms with Crippen molar-refractivity contribution >= 4 is 24.2 Å². The number of nitrogens with two attached hydrogens (primary N) is 3. The number of aryl methyl sites for hydroxylation is 1. The van der Waals surface area contributed by atoms with Crippen LogP contribution < -0.4 is 27.8 Å².